The van der Waals surface area contributed by atoms with Crippen LogP contribution in [0.3, 0.4) is 0 Å². The molecule has 1 aliphatic rings. The quantitative estimate of drug-likeness (QED) is 0.272. The van der Waals surface area contributed by atoms with Crippen molar-refractivity contribution in [3.05, 3.63) is 36.5 Å². The van der Waals surface area contributed by atoms with Crippen LogP contribution in [-0.4, -0.2) is 23.9 Å². The van der Waals surface area contributed by atoms with Crippen molar-refractivity contribution in [2.45, 2.75) is 90.4 Å². The van der Waals surface area contributed by atoms with E-state index in [9.17, 15) is 4.79 Å². The van der Waals surface area contributed by atoms with Crippen LogP contribution in [0.25, 0.3) is 0 Å². The van der Waals surface area contributed by atoms with Gasteiger partial charge in [0.1, 0.15) is 0 Å². The number of piperidine rings is 1. The number of likely N-dealkylation sites (tertiary alicyclic amines) is 1. The van der Waals surface area contributed by atoms with Crippen LogP contribution < -0.4 is 0 Å². The monoisotopic (exact) mass is 345 g/mol. The van der Waals surface area contributed by atoms with Gasteiger partial charge in [-0.05, 0) is 57.8 Å². The fourth-order valence-corrected chi connectivity index (χ4v) is 3.20. The average molecular weight is 346 g/mol. The zero-order valence-corrected chi connectivity index (χ0v) is 16.4. The van der Waals surface area contributed by atoms with E-state index in [0.29, 0.717) is 5.91 Å². The minimum Gasteiger partial charge on any atom is -0.343 e. The molecule has 0 aromatic heterocycles. The molecule has 0 saturated carbocycles. The molecule has 1 fully saturated rings. The number of nitrogens with zero attached hydrogens (tertiary/aromatic N) is 1. The minimum absolute atomic E-state index is 0.390. The molecule has 0 aromatic rings. The summed E-state index contributed by atoms with van der Waals surface area (Å²) in [7, 11) is 0. The summed E-state index contributed by atoms with van der Waals surface area (Å²) in [6.45, 7) is 4.16. The Bertz CT molecular complexity index is 402. The fourth-order valence-electron chi connectivity index (χ4n) is 3.20. The molecule has 0 unspecified atom stereocenters. The first-order valence-electron chi connectivity index (χ1n) is 10.6. The van der Waals surface area contributed by atoms with E-state index in [1.165, 1.54) is 51.4 Å². The van der Waals surface area contributed by atoms with E-state index in [0.717, 1.165) is 45.2 Å². The summed E-state index contributed by atoms with van der Waals surface area (Å²) in [5, 5.41) is 0. The van der Waals surface area contributed by atoms with Crippen LogP contribution in [-0.2, 0) is 4.79 Å². The molecular formula is C23H39NO. The topological polar surface area (TPSA) is 20.3 Å². The number of allylic oxidation sites excluding steroid dienone is 6. The zero-order chi connectivity index (χ0) is 18.0. The van der Waals surface area contributed by atoms with Gasteiger partial charge in [0.15, 0.2) is 0 Å². The van der Waals surface area contributed by atoms with E-state index in [1.54, 1.807) is 0 Å². The highest BCUT2D eigenvalue weighted by molar-refractivity contribution is 5.76. The Morgan fingerprint density at radius 1 is 0.760 bits per heavy atom. The summed E-state index contributed by atoms with van der Waals surface area (Å²) in [5.74, 6) is 0.390. The second-order valence-corrected chi connectivity index (χ2v) is 7.04. The highest BCUT2D eigenvalue weighted by Crippen LogP contribution is 2.13. The molecule has 0 aliphatic carbocycles. The summed E-state index contributed by atoms with van der Waals surface area (Å²) in [5.41, 5.74) is 0. The van der Waals surface area contributed by atoms with E-state index < -0.39 is 0 Å². The summed E-state index contributed by atoms with van der Waals surface area (Å²) >= 11 is 0. The van der Waals surface area contributed by atoms with Crippen LogP contribution >= 0.6 is 0 Å². The normalized spacial score (nSPS) is 15.8. The second-order valence-electron chi connectivity index (χ2n) is 7.04. The first-order valence-corrected chi connectivity index (χ1v) is 10.6. The maximum atomic E-state index is 12.0. The van der Waals surface area contributed by atoms with Crippen LogP contribution in [0.1, 0.15) is 90.4 Å². The molecule has 0 radical (unpaired) electrons. The van der Waals surface area contributed by atoms with Gasteiger partial charge in [0, 0.05) is 19.5 Å². The predicted octanol–water partition coefficient (Wildman–Crippen LogP) is 6.59. The van der Waals surface area contributed by atoms with Crippen molar-refractivity contribution in [2.24, 2.45) is 0 Å². The zero-order valence-electron chi connectivity index (χ0n) is 16.4. The Morgan fingerprint density at radius 3 is 2.08 bits per heavy atom. The lowest BCUT2D eigenvalue weighted by atomic mass is 10.1. The molecule has 1 rings (SSSR count). The van der Waals surface area contributed by atoms with Gasteiger partial charge < -0.3 is 4.90 Å². The number of amides is 1. The smallest absolute Gasteiger partial charge is 0.222 e. The van der Waals surface area contributed by atoms with Gasteiger partial charge in [-0.3, -0.25) is 4.79 Å². The maximum Gasteiger partial charge on any atom is 0.222 e. The predicted molar refractivity (Wildman–Crippen MR) is 110 cm³/mol. The second kappa shape index (κ2) is 16.2. The Labute approximate surface area is 156 Å². The van der Waals surface area contributed by atoms with Crippen molar-refractivity contribution in [3.63, 3.8) is 0 Å². The summed E-state index contributed by atoms with van der Waals surface area (Å²) in [6, 6.07) is 0. The molecule has 0 bridgehead atoms. The van der Waals surface area contributed by atoms with Crippen LogP contribution in [0.4, 0.5) is 0 Å². The molecular weight excluding hydrogens is 306 g/mol. The molecule has 1 amide bonds. The van der Waals surface area contributed by atoms with Gasteiger partial charge in [0.25, 0.3) is 0 Å². The van der Waals surface area contributed by atoms with Gasteiger partial charge in [-0.1, -0.05) is 62.6 Å². The lowest BCUT2D eigenvalue weighted by Crippen LogP contribution is -2.35. The van der Waals surface area contributed by atoms with Crippen molar-refractivity contribution >= 4 is 5.91 Å². The van der Waals surface area contributed by atoms with E-state index in [1.807, 2.05) is 0 Å². The van der Waals surface area contributed by atoms with Gasteiger partial charge in [-0.25, -0.2) is 0 Å². The Hall–Kier alpha value is -1.31. The largest absolute Gasteiger partial charge is 0.343 e. The van der Waals surface area contributed by atoms with E-state index in [2.05, 4.69) is 48.3 Å². The average Bonchev–Trinajstić information content (AvgIpc) is 2.65. The van der Waals surface area contributed by atoms with Gasteiger partial charge in [0.05, 0.1) is 0 Å². The molecule has 142 valence electrons. The lowest BCUT2D eigenvalue weighted by molar-refractivity contribution is -0.132. The van der Waals surface area contributed by atoms with E-state index in [-0.39, 0.29) is 0 Å². The van der Waals surface area contributed by atoms with E-state index in [4.69, 9.17) is 0 Å². The number of hydrogen-bond acceptors (Lipinski definition) is 1. The van der Waals surface area contributed by atoms with Crippen LogP contribution in [0, 0.1) is 0 Å². The summed E-state index contributed by atoms with van der Waals surface area (Å²) in [4.78, 5) is 14.1. The van der Waals surface area contributed by atoms with E-state index >= 15 is 0 Å². The molecule has 1 aliphatic heterocycles. The molecule has 0 N–H and O–H groups in total. The van der Waals surface area contributed by atoms with Gasteiger partial charge in [-0.2, -0.15) is 0 Å². The fraction of sp³-hybridized carbons (Fsp3) is 0.696. The molecule has 0 spiro atoms. The molecule has 1 saturated heterocycles. The minimum atomic E-state index is 0.390. The lowest BCUT2D eigenvalue weighted by Gasteiger charge is -2.26. The van der Waals surface area contributed by atoms with Gasteiger partial charge in [0.2, 0.25) is 5.91 Å². The molecule has 0 aromatic carbocycles. The first-order chi connectivity index (χ1) is 12.3. The molecule has 25 heavy (non-hydrogen) atoms. The van der Waals surface area contributed by atoms with Crippen molar-refractivity contribution < 1.29 is 4.79 Å². The van der Waals surface area contributed by atoms with Gasteiger partial charge in [-0.15, -0.1) is 0 Å². The Morgan fingerprint density at radius 2 is 1.36 bits per heavy atom. The summed E-state index contributed by atoms with van der Waals surface area (Å²) < 4.78 is 0. The van der Waals surface area contributed by atoms with Crippen molar-refractivity contribution in [3.8, 4) is 0 Å². The summed E-state index contributed by atoms with van der Waals surface area (Å²) in [6.07, 6.45) is 28.5. The third kappa shape index (κ3) is 12.7. The van der Waals surface area contributed by atoms with Crippen LogP contribution in [0.5, 0.6) is 0 Å². The number of hydrogen-bond donors (Lipinski definition) is 0. The number of unbranched alkanes of at least 4 members (excludes halogenated alkanes) is 5. The number of rotatable bonds is 13. The molecule has 2 nitrogen and oxygen atoms in total. The van der Waals surface area contributed by atoms with Crippen LogP contribution in [0.15, 0.2) is 36.5 Å². The number of carbonyl (C=O) groups excluding carboxylic acids is 1. The highest BCUT2D eigenvalue weighted by atomic mass is 16.2. The standard InChI is InChI=1S/C23H39NO/c1-2-3-4-5-6-7-8-9-10-11-12-13-14-15-17-20-23(25)24-21-18-16-19-22-24/h3-4,6-7,9-10H,2,5,8,11-22H2,1H3. The first kappa shape index (κ1) is 21.7. The van der Waals surface area contributed by atoms with Crippen molar-refractivity contribution in [1.29, 1.82) is 0 Å². The Kier molecular flexibility index (Phi) is 14.1. The molecule has 2 heteroatoms. The SMILES string of the molecule is CCC=CCC=CCC=CCCCCCCCC(=O)N1CCCCC1. The third-order valence-corrected chi connectivity index (χ3v) is 4.75. The Balaban J connectivity index is 1.86. The van der Waals surface area contributed by atoms with Crippen LogP contribution in [0.2, 0.25) is 0 Å². The van der Waals surface area contributed by atoms with Crippen molar-refractivity contribution in [2.75, 3.05) is 13.1 Å². The van der Waals surface area contributed by atoms with Gasteiger partial charge >= 0.3 is 0 Å². The van der Waals surface area contributed by atoms with Crippen molar-refractivity contribution in [1.82, 2.24) is 4.90 Å². The number of carbonyl (C=O) groups is 1. The maximum absolute atomic E-state index is 12.0. The molecule has 0 atom stereocenters. The third-order valence-electron chi connectivity index (χ3n) is 4.75. The highest BCUT2D eigenvalue weighted by Gasteiger charge is 2.15. The molecule has 1 heterocycles.